The number of para-hydroxylation sites is 1. The molecule has 2 aliphatic rings. The van der Waals surface area contributed by atoms with Crippen molar-refractivity contribution in [1.29, 1.82) is 0 Å². The summed E-state index contributed by atoms with van der Waals surface area (Å²) in [5, 5.41) is 15.5. The Bertz CT molecular complexity index is 1750. The maximum Gasteiger partial charge on any atom is 0.320 e. The number of pyridine rings is 2. The number of rotatable bonds is 11. The van der Waals surface area contributed by atoms with E-state index in [1.165, 1.54) is 19.4 Å². The van der Waals surface area contributed by atoms with Gasteiger partial charge in [0.1, 0.15) is 17.5 Å². The number of amides is 3. The van der Waals surface area contributed by atoms with Gasteiger partial charge in [-0.05, 0) is 49.2 Å². The minimum Gasteiger partial charge on any atom is -0.480 e. The minimum atomic E-state index is -0.661. The summed E-state index contributed by atoms with van der Waals surface area (Å²) in [6, 6.07) is 12.8. The zero-order chi connectivity index (χ0) is 33.6. The van der Waals surface area contributed by atoms with Crippen LogP contribution in [-0.2, 0) is 14.3 Å². The van der Waals surface area contributed by atoms with Gasteiger partial charge in [0.25, 0.3) is 5.91 Å². The molecule has 3 N–H and O–H groups in total. The molecule has 252 valence electrons. The SMILES string of the molecule is COCCN1C[C@@H](NC(=O)Nc2c(C)c(-c3cnc(OC)c(C(=O)N[C@@H]4CCOC4)c3)nn2-c2ccccc2)[C@H](c2ccnc(F)c2)O1. The minimum absolute atomic E-state index is 0.103. The maximum absolute atomic E-state index is 14.0. The summed E-state index contributed by atoms with van der Waals surface area (Å²) in [5.74, 6) is -0.405. The average molecular weight is 661 g/mol. The van der Waals surface area contributed by atoms with Crippen molar-refractivity contribution in [3.8, 4) is 22.8 Å². The Morgan fingerprint density at radius 1 is 1.10 bits per heavy atom. The molecule has 0 unspecified atom stereocenters. The number of benzene rings is 1. The van der Waals surface area contributed by atoms with Crippen LogP contribution in [-0.4, -0.2) is 96.0 Å². The number of carbonyl (C=O) groups excluding carboxylic acids is 2. The van der Waals surface area contributed by atoms with Gasteiger partial charge in [0.2, 0.25) is 11.8 Å². The standard InChI is InChI=1S/C33H37FN8O6/c1-20-28(22-15-25(32(46-3)36-17-22)31(43)37-23-10-13-47-19-23)40-42(24-7-5-4-6-8-24)30(20)39-33(44)38-26-18-41(12-14-45-2)48-29(26)21-9-11-35-27(34)16-21/h4-9,11,15-17,23,26,29H,10,12-14,18-19H2,1-3H3,(H,37,43)(H2,38,39,44)/t23-,26-,29+/m1/s1. The molecule has 3 aromatic heterocycles. The van der Waals surface area contributed by atoms with Crippen LogP contribution < -0.4 is 20.7 Å². The lowest BCUT2D eigenvalue weighted by Gasteiger charge is -2.19. The molecule has 0 bridgehead atoms. The van der Waals surface area contributed by atoms with Crippen molar-refractivity contribution in [3.63, 3.8) is 0 Å². The summed E-state index contributed by atoms with van der Waals surface area (Å²) in [6.45, 7) is 4.05. The molecule has 14 nitrogen and oxygen atoms in total. The summed E-state index contributed by atoms with van der Waals surface area (Å²) >= 11 is 0. The summed E-state index contributed by atoms with van der Waals surface area (Å²) in [7, 11) is 3.04. The maximum atomic E-state index is 14.0. The predicted molar refractivity (Wildman–Crippen MR) is 172 cm³/mol. The van der Waals surface area contributed by atoms with E-state index in [-0.39, 0.29) is 23.4 Å². The molecule has 0 aliphatic carbocycles. The number of methoxy groups -OCH3 is 2. The zero-order valence-electron chi connectivity index (χ0n) is 26.8. The number of carbonyl (C=O) groups is 2. The van der Waals surface area contributed by atoms with Crippen LogP contribution in [0.4, 0.5) is 15.0 Å². The number of halogens is 1. The molecule has 6 rings (SSSR count). The Hall–Kier alpha value is -4.96. The van der Waals surface area contributed by atoms with Gasteiger partial charge in [-0.3, -0.25) is 14.9 Å². The van der Waals surface area contributed by atoms with E-state index in [0.29, 0.717) is 66.8 Å². The molecule has 15 heteroatoms. The van der Waals surface area contributed by atoms with Crippen LogP contribution in [0.3, 0.4) is 0 Å². The van der Waals surface area contributed by atoms with Gasteiger partial charge in [0, 0.05) is 50.3 Å². The van der Waals surface area contributed by atoms with Gasteiger partial charge in [-0.2, -0.15) is 14.6 Å². The zero-order valence-corrected chi connectivity index (χ0v) is 26.8. The number of hydrogen-bond donors (Lipinski definition) is 3. The van der Waals surface area contributed by atoms with Gasteiger partial charge in [0.05, 0.1) is 43.8 Å². The molecule has 2 saturated heterocycles. The summed E-state index contributed by atoms with van der Waals surface area (Å²) < 4.78 is 31.7. The van der Waals surface area contributed by atoms with E-state index in [1.807, 2.05) is 37.3 Å². The number of aromatic nitrogens is 4. The fraction of sp³-hybridized carbons (Fsp3) is 0.364. The number of ether oxygens (including phenoxy) is 3. The second kappa shape index (κ2) is 14.9. The first-order valence-electron chi connectivity index (χ1n) is 15.5. The van der Waals surface area contributed by atoms with Gasteiger partial charge in [0.15, 0.2) is 0 Å². The number of nitrogens with one attached hydrogen (secondary N) is 3. The summed E-state index contributed by atoms with van der Waals surface area (Å²) in [6.07, 6.45) is 2.99. The predicted octanol–water partition coefficient (Wildman–Crippen LogP) is 3.43. The van der Waals surface area contributed by atoms with Crippen LogP contribution in [0.2, 0.25) is 0 Å². The molecule has 48 heavy (non-hydrogen) atoms. The van der Waals surface area contributed by atoms with E-state index in [4.69, 9.17) is 24.1 Å². The molecule has 4 aromatic rings. The lowest BCUT2D eigenvalue weighted by molar-refractivity contribution is -0.154. The Morgan fingerprint density at radius 3 is 2.67 bits per heavy atom. The van der Waals surface area contributed by atoms with E-state index in [9.17, 15) is 14.0 Å². The van der Waals surface area contributed by atoms with E-state index in [1.54, 1.807) is 35.2 Å². The van der Waals surface area contributed by atoms with Crippen molar-refractivity contribution in [3.05, 3.63) is 83.6 Å². The van der Waals surface area contributed by atoms with E-state index >= 15 is 0 Å². The van der Waals surface area contributed by atoms with E-state index in [0.717, 1.165) is 6.42 Å². The van der Waals surface area contributed by atoms with Crippen molar-refractivity contribution in [2.45, 2.75) is 31.5 Å². The second-order valence-electron chi connectivity index (χ2n) is 11.4. The Balaban J connectivity index is 1.29. The van der Waals surface area contributed by atoms with Crippen molar-refractivity contribution < 1.29 is 33.0 Å². The molecule has 3 atom stereocenters. The third kappa shape index (κ3) is 7.28. The van der Waals surface area contributed by atoms with Crippen LogP contribution in [0.1, 0.15) is 34.0 Å². The molecule has 1 aromatic carbocycles. The topological polar surface area (TPSA) is 154 Å². The smallest absolute Gasteiger partial charge is 0.320 e. The van der Waals surface area contributed by atoms with Gasteiger partial charge < -0.3 is 24.8 Å². The molecule has 0 radical (unpaired) electrons. The summed E-state index contributed by atoms with van der Waals surface area (Å²) in [4.78, 5) is 41.0. The van der Waals surface area contributed by atoms with E-state index in [2.05, 4.69) is 25.9 Å². The lowest BCUT2D eigenvalue weighted by atomic mass is 10.0. The highest BCUT2D eigenvalue weighted by molar-refractivity contribution is 5.98. The normalized spacial score (nSPS) is 19.3. The van der Waals surface area contributed by atoms with Gasteiger partial charge in [-0.1, -0.05) is 18.2 Å². The average Bonchev–Trinajstić information content (AvgIpc) is 3.84. The largest absolute Gasteiger partial charge is 0.480 e. The Morgan fingerprint density at radius 2 is 1.94 bits per heavy atom. The van der Waals surface area contributed by atoms with Crippen molar-refractivity contribution in [2.24, 2.45) is 0 Å². The van der Waals surface area contributed by atoms with Crippen molar-refractivity contribution in [2.75, 3.05) is 52.4 Å². The van der Waals surface area contributed by atoms with Crippen molar-refractivity contribution in [1.82, 2.24) is 35.4 Å². The van der Waals surface area contributed by atoms with Crippen LogP contribution in [0.25, 0.3) is 16.9 Å². The first kappa shape index (κ1) is 33.0. The summed E-state index contributed by atoms with van der Waals surface area (Å²) in [5.41, 5.74) is 3.17. The fourth-order valence-corrected chi connectivity index (χ4v) is 5.74. The molecular weight excluding hydrogens is 623 g/mol. The molecule has 2 fully saturated rings. The molecule has 5 heterocycles. The molecule has 0 saturated carbocycles. The Labute approximate surface area is 276 Å². The monoisotopic (exact) mass is 660 g/mol. The van der Waals surface area contributed by atoms with Crippen molar-refractivity contribution >= 4 is 17.8 Å². The third-order valence-corrected chi connectivity index (χ3v) is 8.15. The highest BCUT2D eigenvalue weighted by Crippen LogP contribution is 2.33. The molecular formula is C33H37FN8O6. The van der Waals surface area contributed by atoms with Crippen LogP contribution in [0.5, 0.6) is 5.88 Å². The Kier molecular flexibility index (Phi) is 10.2. The van der Waals surface area contributed by atoms with Gasteiger partial charge >= 0.3 is 6.03 Å². The number of hydrogen-bond acceptors (Lipinski definition) is 10. The van der Waals surface area contributed by atoms with Crippen LogP contribution in [0.15, 0.2) is 60.9 Å². The number of hydroxylamine groups is 2. The number of nitrogens with zero attached hydrogens (tertiary/aromatic N) is 5. The fourth-order valence-electron chi connectivity index (χ4n) is 5.74. The molecule has 3 amide bonds. The lowest BCUT2D eigenvalue weighted by Crippen LogP contribution is -2.42. The number of anilines is 1. The number of urea groups is 1. The molecule has 2 aliphatic heterocycles. The van der Waals surface area contributed by atoms with Crippen LogP contribution >= 0.6 is 0 Å². The molecule has 0 spiro atoms. The van der Waals surface area contributed by atoms with Gasteiger partial charge in [-0.25, -0.2) is 19.4 Å². The third-order valence-electron chi connectivity index (χ3n) is 8.15. The highest BCUT2D eigenvalue weighted by atomic mass is 19.1. The quantitative estimate of drug-likeness (QED) is 0.204. The first-order chi connectivity index (χ1) is 23.3. The van der Waals surface area contributed by atoms with Gasteiger partial charge in [-0.15, -0.1) is 0 Å². The first-order valence-corrected chi connectivity index (χ1v) is 15.5. The second-order valence-corrected chi connectivity index (χ2v) is 11.4. The van der Waals surface area contributed by atoms with Crippen LogP contribution in [0, 0.1) is 12.9 Å². The van der Waals surface area contributed by atoms with E-state index < -0.39 is 24.1 Å². The highest BCUT2D eigenvalue weighted by Gasteiger charge is 2.37.